The highest BCUT2D eigenvalue weighted by Crippen LogP contribution is 2.40. The third-order valence-corrected chi connectivity index (χ3v) is 6.19. The second-order valence-corrected chi connectivity index (χ2v) is 11.9. The van der Waals surface area contributed by atoms with E-state index in [4.69, 9.17) is 37.9 Å². The molecule has 0 aliphatic carbocycles. The first-order valence-corrected chi connectivity index (χ1v) is 14.9. The van der Waals surface area contributed by atoms with E-state index in [9.17, 15) is 9.90 Å². The van der Waals surface area contributed by atoms with Gasteiger partial charge in [-0.15, -0.1) is 0 Å². The first-order valence-electron chi connectivity index (χ1n) is 14.9. The SMILES string of the molecule is COCCOCCOCCOCCOCCOCCOCCOC(=O)CCc1cc(C(C)(C)C)c(O)c(C(C)(C)C)c1. The van der Waals surface area contributed by atoms with Crippen molar-refractivity contribution in [3.63, 3.8) is 0 Å². The minimum atomic E-state index is -0.269. The zero-order valence-corrected chi connectivity index (χ0v) is 27.1. The number of aromatic hydroxyl groups is 1. The molecule has 1 N–H and O–H groups in total. The molecule has 0 fully saturated rings. The van der Waals surface area contributed by atoms with Crippen molar-refractivity contribution in [1.29, 1.82) is 0 Å². The molecule has 0 aromatic heterocycles. The highest BCUT2D eigenvalue weighted by molar-refractivity contribution is 5.69. The van der Waals surface area contributed by atoms with Crippen LogP contribution in [0.2, 0.25) is 0 Å². The molecule has 0 unspecified atom stereocenters. The summed E-state index contributed by atoms with van der Waals surface area (Å²) >= 11 is 0. The molecule has 10 heteroatoms. The van der Waals surface area contributed by atoms with Crippen LogP contribution in [0.5, 0.6) is 5.75 Å². The predicted octanol–water partition coefficient (Wildman–Crippen LogP) is 4.21. The van der Waals surface area contributed by atoms with Gasteiger partial charge in [0.1, 0.15) is 12.4 Å². The number of rotatable bonds is 24. The number of benzene rings is 1. The van der Waals surface area contributed by atoms with Gasteiger partial charge in [-0.3, -0.25) is 4.79 Å². The molecule has 42 heavy (non-hydrogen) atoms. The Morgan fingerprint density at radius 2 is 0.929 bits per heavy atom. The molecule has 0 saturated heterocycles. The average Bonchev–Trinajstić information content (AvgIpc) is 2.92. The summed E-state index contributed by atoms with van der Waals surface area (Å²) in [7, 11) is 1.64. The summed E-state index contributed by atoms with van der Waals surface area (Å²) in [6, 6.07) is 4.00. The van der Waals surface area contributed by atoms with Crippen molar-refractivity contribution in [2.75, 3.05) is 99.6 Å². The Labute approximate surface area is 253 Å². The quantitative estimate of drug-likeness (QED) is 0.137. The van der Waals surface area contributed by atoms with Crippen LogP contribution < -0.4 is 0 Å². The second-order valence-electron chi connectivity index (χ2n) is 11.9. The third kappa shape index (κ3) is 18.0. The highest BCUT2D eigenvalue weighted by Gasteiger charge is 2.26. The third-order valence-electron chi connectivity index (χ3n) is 6.19. The van der Waals surface area contributed by atoms with Crippen LogP contribution in [0, 0.1) is 0 Å². The van der Waals surface area contributed by atoms with Gasteiger partial charge < -0.3 is 43.0 Å². The van der Waals surface area contributed by atoms with Gasteiger partial charge in [0.25, 0.3) is 0 Å². The Balaban J connectivity index is 2.02. The van der Waals surface area contributed by atoms with Crippen LogP contribution in [0.4, 0.5) is 0 Å². The molecule has 10 nitrogen and oxygen atoms in total. The number of hydrogen-bond acceptors (Lipinski definition) is 10. The van der Waals surface area contributed by atoms with Crippen molar-refractivity contribution in [3.8, 4) is 5.75 Å². The summed E-state index contributed by atoms with van der Waals surface area (Å²) in [6.07, 6.45) is 0.819. The van der Waals surface area contributed by atoms with E-state index in [1.165, 1.54) is 0 Å². The van der Waals surface area contributed by atoms with Crippen molar-refractivity contribution in [2.45, 2.75) is 65.2 Å². The molecule has 1 aromatic carbocycles. The summed E-state index contributed by atoms with van der Waals surface area (Å²) in [6.45, 7) is 19.0. The molecular formula is C32H56O10. The van der Waals surface area contributed by atoms with Gasteiger partial charge in [-0.25, -0.2) is 0 Å². The molecular weight excluding hydrogens is 544 g/mol. The second kappa shape index (κ2) is 21.8. The van der Waals surface area contributed by atoms with Crippen LogP contribution in [-0.2, 0) is 59.9 Å². The number of carbonyl (C=O) groups is 1. The lowest BCUT2D eigenvalue weighted by Crippen LogP contribution is -2.18. The van der Waals surface area contributed by atoms with Crippen molar-refractivity contribution in [2.24, 2.45) is 0 Å². The van der Waals surface area contributed by atoms with Crippen molar-refractivity contribution in [3.05, 3.63) is 28.8 Å². The van der Waals surface area contributed by atoms with Gasteiger partial charge in [0, 0.05) is 13.5 Å². The molecule has 0 amide bonds. The maximum absolute atomic E-state index is 12.3. The molecule has 0 radical (unpaired) electrons. The van der Waals surface area contributed by atoms with Crippen LogP contribution in [0.25, 0.3) is 0 Å². The van der Waals surface area contributed by atoms with Crippen molar-refractivity contribution < 1.29 is 47.8 Å². The monoisotopic (exact) mass is 600 g/mol. The molecule has 0 aliphatic rings. The molecule has 0 aliphatic heterocycles. The molecule has 0 saturated carbocycles. The number of methoxy groups -OCH3 is 1. The van der Waals surface area contributed by atoms with E-state index in [0.29, 0.717) is 98.1 Å². The number of phenolic OH excluding ortho intramolecular Hbond substituents is 1. The maximum atomic E-state index is 12.3. The Kier molecular flexibility index (Phi) is 19.9. The van der Waals surface area contributed by atoms with Gasteiger partial charge in [-0.2, -0.15) is 0 Å². The fourth-order valence-corrected chi connectivity index (χ4v) is 3.86. The van der Waals surface area contributed by atoms with Gasteiger partial charge in [0.05, 0.1) is 85.9 Å². The van der Waals surface area contributed by atoms with Gasteiger partial charge in [-0.1, -0.05) is 53.7 Å². The minimum absolute atomic E-state index is 0.200. The molecule has 1 rings (SSSR count). The fraction of sp³-hybridized carbons (Fsp3) is 0.781. The van der Waals surface area contributed by atoms with E-state index in [0.717, 1.165) is 16.7 Å². The van der Waals surface area contributed by atoms with Crippen molar-refractivity contribution in [1.82, 2.24) is 0 Å². The topological polar surface area (TPSA) is 111 Å². The molecule has 0 heterocycles. The van der Waals surface area contributed by atoms with Gasteiger partial charge in [0.15, 0.2) is 0 Å². The van der Waals surface area contributed by atoms with Crippen LogP contribution in [0.15, 0.2) is 12.1 Å². The fourth-order valence-electron chi connectivity index (χ4n) is 3.86. The lowest BCUT2D eigenvalue weighted by atomic mass is 9.78. The van der Waals surface area contributed by atoms with E-state index in [2.05, 4.69) is 41.5 Å². The minimum Gasteiger partial charge on any atom is -0.507 e. The first kappa shape index (κ1) is 38.2. The zero-order chi connectivity index (χ0) is 31.3. The first-order chi connectivity index (χ1) is 20.0. The van der Waals surface area contributed by atoms with E-state index in [-0.39, 0.29) is 29.8 Å². The van der Waals surface area contributed by atoms with Crippen LogP contribution >= 0.6 is 0 Å². The number of aryl methyl sites for hydroxylation is 1. The Morgan fingerprint density at radius 1 is 0.595 bits per heavy atom. The summed E-state index contributed by atoms with van der Waals surface area (Å²) in [5.74, 6) is 0.0730. The van der Waals surface area contributed by atoms with E-state index < -0.39 is 0 Å². The Hall–Kier alpha value is -1.79. The largest absolute Gasteiger partial charge is 0.507 e. The number of carbonyl (C=O) groups excluding carboxylic acids is 1. The van der Waals surface area contributed by atoms with Crippen molar-refractivity contribution >= 4 is 5.97 Å². The van der Waals surface area contributed by atoms with E-state index in [1.807, 2.05) is 12.1 Å². The smallest absolute Gasteiger partial charge is 0.306 e. The number of hydrogen-bond donors (Lipinski definition) is 1. The maximum Gasteiger partial charge on any atom is 0.306 e. The number of phenols is 1. The number of ether oxygens (including phenoxy) is 8. The lowest BCUT2D eigenvalue weighted by molar-refractivity contribution is -0.145. The van der Waals surface area contributed by atoms with Gasteiger partial charge in [0.2, 0.25) is 0 Å². The molecule has 244 valence electrons. The van der Waals surface area contributed by atoms with Crippen LogP contribution in [-0.4, -0.2) is 111 Å². The summed E-state index contributed by atoms with van der Waals surface area (Å²) in [4.78, 5) is 12.3. The lowest BCUT2D eigenvalue weighted by Gasteiger charge is -2.28. The van der Waals surface area contributed by atoms with E-state index in [1.54, 1.807) is 7.11 Å². The summed E-state index contributed by atoms with van der Waals surface area (Å²) in [5.41, 5.74) is 2.39. The van der Waals surface area contributed by atoms with Crippen LogP contribution in [0.3, 0.4) is 0 Å². The normalized spacial score (nSPS) is 12.2. The zero-order valence-electron chi connectivity index (χ0n) is 27.1. The van der Waals surface area contributed by atoms with E-state index >= 15 is 0 Å². The molecule has 0 atom stereocenters. The van der Waals surface area contributed by atoms with Crippen LogP contribution in [0.1, 0.15) is 64.7 Å². The molecule has 0 spiro atoms. The Morgan fingerprint density at radius 3 is 1.26 bits per heavy atom. The standard InChI is InChI=1S/C32H56O10/c1-31(2,3)27-24-26(25-28(30(27)34)32(4,5)6)8-9-29(33)42-23-22-41-21-20-40-19-18-39-17-16-38-15-14-37-13-12-36-11-10-35-7/h24-25,34H,8-23H2,1-7H3. The summed E-state index contributed by atoms with van der Waals surface area (Å²) in [5, 5.41) is 10.9. The highest BCUT2D eigenvalue weighted by atomic mass is 16.6. The Bertz CT molecular complexity index is 810. The molecule has 1 aromatic rings. The summed E-state index contributed by atoms with van der Waals surface area (Å²) < 4.78 is 42.7. The number of esters is 1. The average molecular weight is 601 g/mol. The van der Waals surface area contributed by atoms with Gasteiger partial charge >= 0.3 is 5.97 Å². The molecule has 0 bridgehead atoms. The van der Waals surface area contributed by atoms with Gasteiger partial charge in [-0.05, 0) is 33.9 Å². The predicted molar refractivity (Wildman–Crippen MR) is 162 cm³/mol.